The highest BCUT2D eigenvalue weighted by molar-refractivity contribution is 6.32. The molecule has 0 spiro atoms. The summed E-state index contributed by atoms with van der Waals surface area (Å²) in [6.07, 6.45) is 0. The van der Waals surface area contributed by atoms with Gasteiger partial charge in [-0.15, -0.1) is 0 Å². The molecular formula is C12H15ClN2O4. The highest BCUT2D eigenvalue weighted by atomic mass is 35.5. The first-order chi connectivity index (χ1) is 8.97. The summed E-state index contributed by atoms with van der Waals surface area (Å²) in [4.78, 5) is 23.6. The Morgan fingerprint density at radius 3 is 2.63 bits per heavy atom. The second-order valence-corrected chi connectivity index (χ2v) is 4.09. The van der Waals surface area contributed by atoms with Gasteiger partial charge in [0.2, 0.25) is 0 Å². The number of hydrogen-bond donors (Lipinski definition) is 2. The molecule has 0 heterocycles. The Morgan fingerprint density at radius 1 is 1.47 bits per heavy atom. The SMILES string of the molecule is CCN(CC(=O)O)C(=O)Nc1ccc(OC)c(Cl)c1. The van der Waals surface area contributed by atoms with Crippen LogP contribution in [0.5, 0.6) is 5.75 Å². The van der Waals surface area contributed by atoms with Gasteiger partial charge in [0.25, 0.3) is 0 Å². The normalized spacial score (nSPS) is 9.84. The number of urea groups is 1. The number of methoxy groups -OCH3 is 1. The van der Waals surface area contributed by atoms with Crippen molar-refractivity contribution in [3.8, 4) is 5.75 Å². The molecule has 0 aromatic heterocycles. The second-order valence-electron chi connectivity index (χ2n) is 3.69. The van der Waals surface area contributed by atoms with E-state index in [9.17, 15) is 9.59 Å². The first-order valence-corrected chi connectivity index (χ1v) is 5.97. The van der Waals surface area contributed by atoms with Gasteiger partial charge in [-0.25, -0.2) is 4.79 Å². The van der Waals surface area contributed by atoms with Crippen LogP contribution in [0.2, 0.25) is 5.02 Å². The molecule has 0 radical (unpaired) electrons. The highest BCUT2D eigenvalue weighted by Crippen LogP contribution is 2.27. The predicted molar refractivity (Wildman–Crippen MR) is 71.9 cm³/mol. The molecular weight excluding hydrogens is 272 g/mol. The Labute approximate surface area is 115 Å². The number of carbonyl (C=O) groups excluding carboxylic acids is 1. The van der Waals surface area contributed by atoms with Gasteiger partial charge in [-0.1, -0.05) is 11.6 Å². The van der Waals surface area contributed by atoms with Crippen molar-refractivity contribution in [2.45, 2.75) is 6.92 Å². The zero-order chi connectivity index (χ0) is 14.4. The number of amides is 2. The maximum Gasteiger partial charge on any atom is 0.323 e. The summed E-state index contributed by atoms with van der Waals surface area (Å²) in [5, 5.41) is 11.6. The zero-order valence-corrected chi connectivity index (χ0v) is 11.4. The van der Waals surface area contributed by atoms with Crippen LogP contribution < -0.4 is 10.1 Å². The summed E-state index contributed by atoms with van der Waals surface area (Å²) in [5.74, 6) is -0.567. The average Bonchev–Trinajstić information content (AvgIpc) is 2.35. The summed E-state index contributed by atoms with van der Waals surface area (Å²) >= 11 is 5.93. The van der Waals surface area contributed by atoms with E-state index in [4.69, 9.17) is 21.4 Å². The van der Waals surface area contributed by atoms with Gasteiger partial charge in [0.1, 0.15) is 12.3 Å². The minimum absolute atomic E-state index is 0.294. The van der Waals surface area contributed by atoms with Gasteiger partial charge < -0.3 is 20.1 Å². The molecule has 6 nitrogen and oxygen atoms in total. The van der Waals surface area contributed by atoms with Crippen molar-refractivity contribution >= 4 is 29.3 Å². The van der Waals surface area contributed by atoms with E-state index < -0.39 is 12.0 Å². The standard InChI is InChI=1S/C12H15ClN2O4/c1-3-15(7-11(16)17)12(18)14-8-4-5-10(19-2)9(13)6-8/h4-6H,3,7H2,1-2H3,(H,14,18)(H,16,17). The molecule has 1 rings (SSSR count). The second kappa shape index (κ2) is 6.84. The van der Waals surface area contributed by atoms with Crippen molar-refractivity contribution in [2.75, 3.05) is 25.5 Å². The number of hydrogen-bond acceptors (Lipinski definition) is 3. The number of rotatable bonds is 5. The molecule has 104 valence electrons. The fraction of sp³-hybridized carbons (Fsp3) is 0.333. The van der Waals surface area contributed by atoms with E-state index >= 15 is 0 Å². The number of benzene rings is 1. The van der Waals surface area contributed by atoms with Crippen LogP contribution in [0, 0.1) is 0 Å². The van der Waals surface area contributed by atoms with E-state index in [0.717, 1.165) is 0 Å². The van der Waals surface area contributed by atoms with Crippen LogP contribution >= 0.6 is 11.6 Å². The Kier molecular flexibility index (Phi) is 5.44. The van der Waals surface area contributed by atoms with Crippen molar-refractivity contribution in [3.05, 3.63) is 23.2 Å². The number of anilines is 1. The monoisotopic (exact) mass is 286 g/mol. The third kappa shape index (κ3) is 4.33. The summed E-state index contributed by atoms with van der Waals surface area (Å²) in [7, 11) is 1.49. The number of nitrogens with zero attached hydrogens (tertiary/aromatic N) is 1. The van der Waals surface area contributed by atoms with Crippen molar-refractivity contribution < 1.29 is 19.4 Å². The fourth-order valence-corrected chi connectivity index (χ4v) is 1.69. The van der Waals surface area contributed by atoms with Crippen LogP contribution in [0.25, 0.3) is 0 Å². The number of ether oxygens (including phenoxy) is 1. The molecule has 1 aromatic carbocycles. The molecule has 0 aliphatic heterocycles. The van der Waals surface area contributed by atoms with Crippen LogP contribution in [0.1, 0.15) is 6.92 Å². The Balaban J connectivity index is 2.75. The van der Waals surface area contributed by atoms with Gasteiger partial charge in [0.05, 0.1) is 12.1 Å². The number of carboxylic acid groups (broad SMARTS) is 1. The van der Waals surface area contributed by atoms with Gasteiger partial charge in [0, 0.05) is 12.2 Å². The Bertz CT molecular complexity index is 479. The number of aliphatic carboxylic acids is 1. The third-order valence-corrected chi connectivity index (χ3v) is 2.69. The van der Waals surface area contributed by atoms with E-state index in [2.05, 4.69) is 5.32 Å². The largest absolute Gasteiger partial charge is 0.495 e. The number of carboxylic acids is 1. The topological polar surface area (TPSA) is 78.9 Å². The molecule has 0 aliphatic rings. The summed E-state index contributed by atoms with van der Waals surface area (Å²) in [6, 6.07) is 4.28. The van der Waals surface area contributed by atoms with Crippen molar-refractivity contribution in [2.24, 2.45) is 0 Å². The first-order valence-electron chi connectivity index (χ1n) is 5.59. The lowest BCUT2D eigenvalue weighted by atomic mass is 10.3. The average molecular weight is 287 g/mol. The van der Waals surface area contributed by atoms with Gasteiger partial charge in [0.15, 0.2) is 0 Å². The van der Waals surface area contributed by atoms with Gasteiger partial charge in [-0.05, 0) is 25.1 Å². The molecule has 0 fully saturated rings. The highest BCUT2D eigenvalue weighted by Gasteiger charge is 2.15. The summed E-state index contributed by atoms with van der Waals surface area (Å²) in [5.41, 5.74) is 0.472. The van der Waals surface area contributed by atoms with Crippen LogP contribution in [-0.4, -0.2) is 42.2 Å². The van der Waals surface area contributed by atoms with Crippen molar-refractivity contribution in [1.82, 2.24) is 4.90 Å². The lowest BCUT2D eigenvalue weighted by Gasteiger charge is -2.19. The molecule has 1 aromatic rings. The Morgan fingerprint density at radius 2 is 2.16 bits per heavy atom. The molecule has 19 heavy (non-hydrogen) atoms. The molecule has 2 N–H and O–H groups in total. The van der Waals surface area contributed by atoms with E-state index in [1.54, 1.807) is 19.1 Å². The summed E-state index contributed by atoms with van der Waals surface area (Å²) < 4.78 is 4.99. The maximum atomic E-state index is 11.8. The first kappa shape index (κ1) is 15.1. The molecule has 0 aliphatic carbocycles. The lowest BCUT2D eigenvalue weighted by Crippen LogP contribution is -2.38. The van der Waals surface area contributed by atoms with Crippen LogP contribution in [0.15, 0.2) is 18.2 Å². The van der Waals surface area contributed by atoms with Gasteiger partial charge >= 0.3 is 12.0 Å². The summed E-state index contributed by atoms with van der Waals surface area (Å²) in [6.45, 7) is 1.64. The van der Waals surface area contributed by atoms with Crippen LogP contribution in [0.4, 0.5) is 10.5 Å². The van der Waals surface area contributed by atoms with Crippen LogP contribution in [0.3, 0.4) is 0 Å². The number of carbonyl (C=O) groups is 2. The fourth-order valence-electron chi connectivity index (χ4n) is 1.44. The number of likely N-dealkylation sites (N-methyl/N-ethyl adjacent to an activating group) is 1. The third-order valence-electron chi connectivity index (χ3n) is 2.40. The predicted octanol–water partition coefficient (Wildman–Crippen LogP) is 2.29. The molecule has 2 amide bonds. The van der Waals surface area contributed by atoms with Crippen LogP contribution in [-0.2, 0) is 4.79 Å². The number of halogens is 1. The molecule has 0 unspecified atom stereocenters. The quantitative estimate of drug-likeness (QED) is 0.870. The maximum absolute atomic E-state index is 11.8. The molecule has 0 atom stereocenters. The lowest BCUT2D eigenvalue weighted by molar-refractivity contribution is -0.137. The van der Waals surface area contributed by atoms with Gasteiger partial charge in [-0.2, -0.15) is 0 Å². The molecule has 0 bridgehead atoms. The Hall–Kier alpha value is -1.95. The van der Waals surface area contributed by atoms with E-state index in [1.165, 1.54) is 18.1 Å². The van der Waals surface area contributed by atoms with E-state index in [1.807, 2.05) is 0 Å². The molecule has 7 heteroatoms. The number of nitrogens with one attached hydrogen (secondary N) is 1. The zero-order valence-electron chi connectivity index (χ0n) is 10.6. The minimum atomic E-state index is -1.07. The van der Waals surface area contributed by atoms with Gasteiger partial charge in [-0.3, -0.25) is 4.79 Å². The van der Waals surface area contributed by atoms with Crippen molar-refractivity contribution in [3.63, 3.8) is 0 Å². The molecule has 0 saturated heterocycles. The van der Waals surface area contributed by atoms with E-state index in [-0.39, 0.29) is 6.54 Å². The smallest absolute Gasteiger partial charge is 0.323 e. The molecule has 0 saturated carbocycles. The minimum Gasteiger partial charge on any atom is -0.495 e. The van der Waals surface area contributed by atoms with Crippen molar-refractivity contribution in [1.29, 1.82) is 0 Å². The van der Waals surface area contributed by atoms with E-state index in [0.29, 0.717) is 23.0 Å².